The molecule has 1 N–H and O–H groups in total. The summed E-state index contributed by atoms with van der Waals surface area (Å²) in [5, 5.41) is 3.58. The van der Waals surface area contributed by atoms with E-state index in [9.17, 15) is 0 Å². The van der Waals surface area contributed by atoms with Gasteiger partial charge in [-0.05, 0) is 58.0 Å². The van der Waals surface area contributed by atoms with Gasteiger partial charge in [-0.3, -0.25) is 0 Å². The molecule has 0 aromatic rings. The second-order valence-electron chi connectivity index (χ2n) is 6.00. The first kappa shape index (κ1) is 16.0. The van der Waals surface area contributed by atoms with Crippen LogP contribution in [0.1, 0.15) is 66.2 Å². The highest BCUT2D eigenvalue weighted by atomic mass is 15.2. The first-order valence-corrected chi connectivity index (χ1v) is 8.18. The van der Waals surface area contributed by atoms with Crippen LogP contribution in [0.3, 0.4) is 0 Å². The van der Waals surface area contributed by atoms with E-state index in [1.165, 1.54) is 51.6 Å². The molecular weight excluding hydrogens is 220 g/mol. The molecule has 0 aliphatic carbocycles. The standard InChI is InChI=1S/C16H34N2/c1-5-15-11-10-14(4)18(13-15)12-8-9-16(6-2)17-7-3/h14-17H,5-13H2,1-4H3. The smallest absolute Gasteiger partial charge is 0.00671 e. The van der Waals surface area contributed by atoms with Crippen LogP contribution in [0, 0.1) is 5.92 Å². The van der Waals surface area contributed by atoms with Crippen LogP contribution in [-0.4, -0.2) is 36.6 Å². The highest BCUT2D eigenvalue weighted by Gasteiger charge is 2.23. The molecule has 108 valence electrons. The molecule has 0 saturated carbocycles. The molecule has 1 fully saturated rings. The number of rotatable bonds is 8. The zero-order valence-electron chi connectivity index (χ0n) is 13.0. The van der Waals surface area contributed by atoms with E-state index in [1.807, 2.05) is 0 Å². The number of piperidine rings is 1. The van der Waals surface area contributed by atoms with Crippen LogP contribution in [0.2, 0.25) is 0 Å². The van der Waals surface area contributed by atoms with Crippen molar-refractivity contribution in [3.63, 3.8) is 0 Å². The normalized spacial score (nSPS) is 27.3. The minimum atomic E-state index is 0.733. The van der Waals surface area contributed by atoms with E-state index in [4.69, 9.17) is 0 Å². The van der Waals surface area contributed by atoms with Gasteiger partial charge in [-0.1, -0.05) is 27.2 Å². The molecule has 2 heteroatoms. The van der Waals surface area contributed by atoms with Crippen molar-refractivity contribution >= 4 is 0 Å². The molecule has 0 bridgehead atoms. The van der Waals surface area contributed by atoms with Crippen molar-refractivity contribution in [1.82, 2.24) is 10.2 Å². The topological polar surface area (TPSA) is 15.3 Å². The summed E-state index contributed by atoms with van der Waals surface area (Å²) >= 11 is 0. The summed E-state index contributed by atoms with van der Waals surface area (Å²) < 4.78 is 0. The zero-order valence-corrected chi connectivity index (χ0v) is 13.0. The van der Waals surface area contributed by atoms with Gasteiger partial charge in [-0.2, -0.15) is 0 Å². The van der Waals surface area contributed by atoms with Crippen molar-refractivity contribution in [3.8, 4) is 0 Å². The minimum absolute atomic E-state index is 0.733. The molecule has 0 radical (unpaired) electrons. The number of hydrogen-bond acceptors (Lipinski definition) is 2. The highest BCUT2D eigenvalue weighted by molar-refractivity contribution is 4.78. The van der Waals surface area contributed by atoms with Crippen molar-refractivity contribution in [2.24, 2.45) is 5.92 Å². The van der Waals surface area contributed by atoms with E-state index >= 15 is 0 Å². The third kappa shape index (κ3) is 5.27. The lowest BCUT2D eigenvalue weighted by molar-refractivity contribution is 0.113. The fourth-order valence-electron chi connectivity index (χ4n) is 3.19. The zero-order chi connectivity index (χ0) is 13.4. The van der Waals surface area contributed by atoms with Crippen LogP contribution in [0.25, 0.3) is 0 Å². The van der Waals surface area contributed by atoms with Crippen molar-refractivity contribution in [2.45, 2.75) is 78.3 Å². The Labute approximate surface area is 115 Å². The Morgan fingerprint density at radius 3 is 2.61 bits per heavy atom. The first-order chi connectivity index (χ1) is 8.71. The lowest BCUT2D eigenvalue weighted by Gasteiger charge is -2.38. The molecule has 0 aromatic carbocycles. The SMILES string of the molecule is CCNC(CC)CCCN1CC(CC)CCC1C. The lowest BCUT2D eigenvalue weighted by Crippen LogP contribution is -2.42. The van der Waals surface area contributed by atoms with Gasteiger partial charge in [0, 0.05) is 18.6 Å². The molecule has 3 unspecified atom stereocenters. The van der Waals surface area contributed by atoms with Crippen LogP contribution in [-0.2, 0) is 0 Å². The Kier molecular flexibility index (Phi) is 7.92. The van der Waals surface area contributed by atoms with Crippen molar-refractivity contribution in [2.75, 3.05) is 19.6 Å². The maximum atomic E-state index is 3.58. The largest absolute Gasteiger partial charge is 0.314 e. The third-order valence-corrected chi connectivity index (χ3v) is 4.67. The van der Waals surface area contributed by atoms with Crippen LogP contribution in [0.4, 0.5) is 0 Å². The summed E-state index contributed by atoms with van der Waals surface area (Å²) in [6.45, 7) is 13.0. The number of hydrogen-bond donors (Lipinski definition) is 1. The van der Waals surface area contributed by atoms with Gasteiger partial charge in [-0.15, -0.1) is 0 Å². The van der Waals surface area contributed by atoms with E-state index in [-0.39, 0.29) is 0 Å². The molecule has 1 aliphatic heterocycles. The van der Waals surface area contributed by atoms with Crippen LogP contribution in [0.5, 0.6) is 0 Å². The van der Waals surface area contributed by atoms with E-state index in [0.29, 0.717) is 0 Å². The number of likely N-dealkylation sites (tertiary alicyclic amines) is 1. The quantitative estimate of drug-likeness (QED) is 0.711. The van der Waals surface area contributed by atoms with Gasteiger partial charge in [0.25, 0.3) is 0 Å². The van der Waals surface area contributed by atoms with Gasteiger partial charge in [0.05, 0.1) is 0 Å². The molecule has 1 rings (SSSR count). The number of nitrogens with zero attached hydrogens (tertiary/aromatic N) is 1. The van der Waals surface area contributed by atoms with Crippen LogP contribution in [0.15, 0.2) is 0 Å². The summed E-state index contributed by atoms with van der Waals surface area (Å²) in [4.78, 5) is 2.73. The van der Waals surface area contributed by atoms with E-state index in [2.05, 4.69) is 37.9 Å². The molecule has 0 amide bonds. The second-order valence-corrected chi connectivity index (χ2v) is 6.00. The minimum Gasteiger partial charge on any atom is -0.314 e. The second kappa shape index (κ2) is 8.92. The maximum Gasteiger partial charge on any atom is 0.00671 e. The molecule has 1 saturated heterocycles. The Hall–Kier alpha value is -0.0800. The Morgan fingerprint density at radius 1 is 1.22 bits per heavy atom. The van der Waals surface area contributed by atoms with Crippen LogP contribution < -0.4 is 5.32 Å². The Balaban J connectivity index is 2.24. The fraction of sp³-hybridized carbons (Fsp3) is 1.00. The van der Waals surface area contributed by atoms with E-state index in [0.717, 1.165) is 24.5 Å². The van der Waals surface area contributed by atoms with Gasteiger partial charge in [-0.25, -0.2) is 0 Å². The lowest BCUT2D eigenvalue weighted by atomic mass is 9.91. The third-order valence-electron chi connectivity index (χ3n) is 4.67. The summed E-state index contributed by atoms with van der Waals surface area (Å²) in [7, 11) is 0. The molecule has 1 heterocycles. The van der Waals surface area contributed by atoms with E-state index in [1.54, 1.807) is 0 Å². The molecule has 18 heavy (non-hydrogen) atoms. The highest BCUT2D eigenvalue weighted by Crippen LogP contribution is 2.24. The summed E-state index contributed by atoms with van der Waals surface area (Å²) in [5.74, 6) is 0.955. The maximum absolute atomic E-state index is 3.58. The predicted octanol–water partition coefficient (Wildman–Crippen LogP) is 3.67. The van der Waals surface area contributed by atoms with Crippen molar-refractivity contribution in [1.29, 1.82) is 0 Å². The average molecular weight is 254 g/mol. The summed E-state index contributed by atoms with van der Waals surface area (Å²) in [6, 6.07) is 1.55. The first-order valence-electron chi connectivity index (χ1n) is 8.18. The fourth-order valence-corrected chi connectivity index (χ4v) is 3.19. The number of nitrogens with one attached hydrogen (secondary N) is 1. The Bertz CT molecular complexity index is 205. The predicted molar refractivity (Wildman–Crippen MR) is 81.0 cm³/mol. The van der Waals surface area contributed by atoms with Gasteiger partial charge in [0.1, 0.15) is 0 Å². The molecule has 3 atom stereocenters. The molecule has 2 nitrogen and oxygen atoms in total. The van der Waals surface area contributed by atoms with E-state index < -0.39 is 0 Å². The summed E-state index contributed by atoms with van der Waals surface area (Å²) in [5.41, 5.74) is 0. The summed E-state index contributed by atoms with van der Waals surface area (Å²) in [6.07, 6.45) is 8.17. The van der Waals surface area contributed by atoms with Crippen molar-refractivity contribution in [3.05, 3.63) is 0 Å². The van der Waals surface area contributed by atoms with Gasteiger partial charge in [0.15, 0.2) is 0 Å². The monoisotopic (exact) mass is 254 g/mol. The van der Waals surface area contributed by atoms with Gasteiger partial charge < -0.3 is 10.2 Å². The average Bonchev–Trinajstić information content (AvgIpc) is 2.39. The van der Waals surface area contributed by atoms with Gasteiger partial charge >= 0.3 is 0 Å². The Morgan fingerprint density at radius 2 is 2.00 bits per heavy atom. The van der Waals surface area contributed by atoms with Crippen molar-refractivity contribution < 1.29 is 0 Å². The molecular formula is C16H34N2. The van der Waals surface area contributed by atoms with Crippen LogP contribution >= 0.6 is 0 Å². The molecule has 0 spiro atoms. The molecule has 1 aliphatic rings. The molecule has 0 aromatic heterocycles. The van der Waals surface area contributed by atoms with Gasteiger partial charge in [0.2, 0.25) is 0 Å².